The molecule has 0 spiro atoms. The summed E-state index contributed by atoms with van der Waals surface area (Å²) in [7, 11) is 0. The molecule has 6 nitrogen and oxygen atoms in total. The highest BCUT2D eigenvalue weighted by Gasteiger charge is 2.28. The Morgan fingerprint density at radius 1 is 0.364 bits per heavy atom. The lowest BCUT2D eigenvalue weighted by Gasteiger charge is -2.27. The zero-order valence-electron chi connectivity index (χ0n) is 44.5. The molecular formula is C60H117NO5. The summed E-state index contributed by atoms with van der Waals surface area (Å²) in [6.07, 6.45) is 66.9. The van der Waals surface area contributed by atoms with Crippen molar-refractivity contribution in [1.29, 1.82) is 0 Å². The summed E-state index contributed by atoms with van der Waals surface area (Å²) >= 11 is 0. The van der Waals surface area contributed by atoms with Crippen LogP contribution in [0.5, 0.6) is 0 Å². The van der Waals surface area contributed by atoms with Crippen LogP contribution in [0.25, 0.3) is 0 Å². The third kappa shape index (κ3) is 47.8. The Balaban J connectivity index is 3.64. The molecule has 0 radical (unpaired) electrons. The molecule has 1 amide bonds. The number of hydrogen-bond acceptors (Lipinski definition) is 5. The number of aliphatic hydroxyl groups excluding tert-OH is 4. The van der Waals surface area contributed by atoms with E-state index in [0.717, 1.165) is 38.5 Å². The van der Waals surface area contributed by atoms with Crippen molar-refractivity contribution >= 4 is 5.91 Å². The van der Waals surface area contributed by atoms with E-state index in [2.05, 4.69) is 43.5 Å². The Hall–Kier alpha value is -1.21. The summed E-state index contributed by atoms with van der Waals surface area (Å²) in [5.74, 6) is -0.591. The average molecular weight is 933 g/mol. The van der Waals surface area contributed by atoms with Gasteiger partial charge < -0.3 is 25.7 Å². The van der Waals surface area contributed by atoms with Crippen LogP contribution in [-0.2, 0) is 4.79 Å². The van der Waals surface area contributed by atoms with Crippen molar-refractivity contribution in [2.75, 3.05) is 6.61 Å². The van der Waals surface area contributed by atoms with Gasteiger partial charge in [0.1, 0.15) is 12.2 Å². The number of carbonyl (C=O) groups is 1. The first-order valence-corrected chi connectivity index (χ1v) is 29.7. The zero-order chi connectivity index (χ0) is 48.1. The molecule has 6 heteroatoms. The second kappa shape index (κ2) is 54.7. The van der Waals surface area contributed by atoms with E-state index in [4.69, 9.17) is 0 Å². The van der Waals surface area contributed by atoms with Crippen molar-refractivity contribution in [3.8, 4) is 0 Å². The fourth-order valence-corrected chi connectivity index (χ4v) is 9.46. The fourth-order valence-electron chi connectivity index (χ4n) is 9.46. The number of rotatable bonds is 55. The van der Waals surface area contributed by atoms with Gasteiger partial charge in [0, 0.05) is 0 Å². The lowest BCUT2D eigenvalue weighted by atomic mass is 10.00. The van der Waals surface area contributed by atoms with Crippen LogP contribution in [-0.4, -0.2) is 57.3 Å². The highest BCUT2D eigenvalue weighted by Crippen LogP contribution is 2.18. The standard InChI is InChI=1S/C60H117NO5/c1-3-5-7-9-11-13-15-17-19-21-23-25-27-29-30-32-33-35-37-39-41-43-45-47-49-51-53-57(63)59(65)56(55-62)61-60(66)58(64)54-52-50-48-46-44-42-40-38-36-34-31-28-26-24-22-20-18-16-14-12-10-8-6-4-2/h31,34,45,47,56-59,62-65H,3-30,32-33,35-44,46,48-55H2,1-2H3,(H,61,66)/b34-31-,47-45+. The van der Waals surface area contributed by atoms with Crippen LogP contribution in [0.3, 0.4) is 0 Å². The number of aliphatic hydroxyl groups is 4. The first-order valence-electron chi connectivity index (χ1n) is 29.7. The molecule has 0 aliphatic heterocycles. The van der Waals surface area contributed by atoms with Crippen molar-refractivity contribution < 1.29 is 25.2 Å². The van der Waals surface area contributed by atoms with Gasteiger partial charge in [0.25, 0.3) is 0 Å². The predicted molar refractivity (Wildman–Crippen MR) is 288 cm³/mol. The van der Waals surface area contributed by atoms with E-state index in [-0.39, 0.29) is 0 Å². The molecule has 0 fully saturated rings. The first-order chi connectivity index (χ1) is 32.5. The number of carbonyl (C=O) groups excluding carboxylic acids is 1. The van der Waals surface area contributed by atoms with Crippen LogP contribution in [0.2, 0.25) is 0 Å². The molecule has 0 aliphatic carbocycles. The molecule has 0 saturated heterocycles. The quantitative estimate of drug-likeness (QED) is 0.0308. The summed E-state index contributed by atoms with van der Waals surface area (Å²) in [6.45, 7) is 4.08. The topological polar surface area (TPSA) is 110 Å². The van der Waals surface area contributed by atoms with E-state index in [1.807, 2.05) is 0 Å². The maximum atomic E-state index is 12.6. The molecule has 4 atom stereocenters. The van der Waals surface area contributed by atoms with Gasteiger partial charge in [-0.15, -0.1) is 0 Å². The van der Waals surface area contributed by atoms with Gasteiger partial charge in [0.2, 0.25) is 5.91 Å². The first kappa shape index (κ1) is 64.8. The lowest BCUT2D eigenvalue weighted by molar-refractivity contribution is -0.132. The van der Waals surface area contributed by atoms with Gasteiger partial charge in [-0.05, 0) is 64.2 Å². The molecule has 0 bridgehead atoms. The van der Waals surface area contributed by atoms with Gasteiger partial charge in [-0.25, -0.2) is 0 Å². The Bertz CT molecular complexity index is 1000. The second-order valence-electron chi connectivity index (χ2n) is 20.7. The van der Waals surface area contributed by atoms with E-state index in [1.165, 1.54) is 257 Å². The smallest absolute Gasteiger partial charge is 0.249 e. The Labute approximate surface area is 412 Å². The highest BCUT2D eigenvalue weighted by atomic mass is 16.3. The molecule has 392 valence electrons. The highest BCUT2D eigenvalue weighted by molar-refractivity contribution is 5.80. The molecule has 0 aliphatic rings. The molecule has 0 aromatic carbocycles. The van der Waals surface area contributed by atoms with Crippen LogP contribution in [0.1, 0.15) is 322 Å². The number of unbranched alkanes of at least 4 members (excludes halogenated alkanes) is 42. The van der Waals surface area contributed by atoms with E-state index in [1.54, 1.807) is 0 Å². The number of hydrogen-bond donors (Lipinski definition) is 5. The maximum Gasteiger partial charge on any atom is 0.249 e. The minimum atomic E-state index is -1.28. The summed E-state index contributed by atoms with van der Waals surface area (Å²) in [4.78, 5) is 12.6. The van der Waals surface area contributed by atoms with Gasteiger partial charge >= 0.3 is 0 Å². The van der Waals surface area contributed by atoms with E-state index < -0.39 is 36.9 Å². The summed E-state index contributed by atoms with van der Waals surface area (Å²) in [6, 6.07) is -1.00. The molecule has 5 N–H and O–H groups in total. The largest absolute Gasteiger partial charge is 0.394 e. The molecule has 0 aromatic rings. The second-order valence-corrected chi connectivity index (χ2v) is 20.7. The third-order valence-electron chi connectivity index (χ3n) is 14.1. The van der Waals surface area contributed by atoms with Crippen LogP contribution in [0.15, 0.2) is 24.3 Å². The van der Waals surface area contributed by atoms with Crippen molar-refractivity contribution in [3.05, 3.63) is 24.3 Å². The fraction of sp³-hybridized carbons (Fsp3) is 0.917. The number of nitrogens with one attached hydrogen (secondary N) is 1. The monoisotopic (exact) mass is 932 g/mol. The van der Waals surface area contributed by atoms with E-state index in [9.17, 15) is 25.2 Å². The molecule has 0 rings (SSSR count). The molecule has 4 unspecified atom stereocenters. The SMILES string of the molecule is CCCCCCCCCCCCCC/C=C\CCCCCCCCCCC(O)C(=O)NC(CO)C(O)C(O)CCC/C=C/CCCCCCCCCCCCCCCCCCCCCCC. The van der Waals surface area contributed by atoms with Gasteiger partial charge in [-0.2, -0.15) is 0 Å². The Morgan fingerprint density at radius 2 is 0.621 bits per heavy atom. The van der Waals surface area contributed by atoms with Gasteiger partial charge in [-0.3, -0.25) is 4.79 Å². The van der Waals surface area contributed by atoms with Crippen molar-refractivity contribution in [2.45, 2.75) is 346 Å². The van der Waals surface area contributed by atoms with Gasteiger partial charge in [0.05, 0.1) is 18.8 Å². The zero-order valence-corrected chi connectivity index (χ0v) is 44.5. The van der Waals surface area contributed by atoms with Crippen molar-refractivity contribution in [2.24, 2.45) is 0 Å². The molecule has 66 heavy (non-hydrogen) atoms. The van der Waals surface area contributed by atoms with E-state index in [0.29, 0.717) is 12.8 Å². The van der Waals surface area contributed by atoms with Crippen molar-refractivity contribution in [1.82, 2.24) is 5.32 Å². The third-order valence-corrected chi connectivity index (χ3v) is 14.1. The number of amides is 1. The summed E-state index contributed by atoms with van der Waals surface area (Å²) in [5, 5.41) is 44.0. The van der Waals surface area contributed by atoms with Crippen molar-refractivity contribution in [3.63, 3.8) is 0 Å². The summed E-state index contributed by atoms with van der Waals surface area (Å²) < 4.78 is 0. The average Bonchev–Trinajstić information content (AvgIpc) is 3.32. The predicted octanol–water partition coefficient (Wildman–Crippen LogP) is 17.4. The Kier molecular flexibility index (Phi) is 53.7. The van der Waals surface area contributed by atoms with Crippen LogP contribution in [0.4, 0.5) is 0 Å². The maximum absolute atomic E-state index is 12.6. The molecule has 0 aromatic heterocycles. The van der Waals surface area contributed by atoms with Crippen LogP contribution < -0.4 is 5.32 Å². The number of allylic oxidation sites excluding steroid dienone is 4. The van der Waals surface area contributed by atoms with Crippen LogP contribution >= 0.6 is 0 Å². The molecule has 0 saturated carbocycles. The molecular weight excluding hydrogens is 815 g/mol. The summed E-state index contributed by atoms with van der Waals surface area (Å²) in [5.41, 5.74) is 0. The van der Waals surface area contributed by atoms with Crippen LogP contribution in [0, 0.1) is 0 Å². The van der Waals surface area contributed by atoms with Gasteiger partial charge in [-0.1, -0.05) is 282 Å². The normalized spacial score (nSPS) is 13.8. The minimum absolute atomic E-state index is 0.361. The minimum Gasteiger partial charge on any atom is -0.394 e. The Morgan fingerprint density at radius 3 is 0.909 bits per heavy atom. The van der Waals surface area contributed by atoms with E-state index >= 15 is 0 Å². The lowest BCUT2D eigenvalue weighted by Crippen LogP contribution is -2.53. The van der Waals surface area contributed by atoms with Gasteiger partial charge in [0.15, 0.2) is 0 Å². The molecule has 0 heterocycles.